The summed E-state index contributed by atoms with van der Waals surface area (Å²) in [6.45, 7) is 4.10. The Bertz CT molecular complexity index is 160. The highest BCUT2D eigenvalue weighted by Crippen LogP contribution is 2.29. The van der Waals surface area contributed by atoms with Crippen LogP contribution in [0.4, 0.5) is 0 Å². The van der Waals surface area contributed by atoms with Gasteiger partial charge in [-0.2, -0.15) is 11.8 Å². The molecule has 0 spiro atoms. The number of carbonyl (C=O) groups is 1. The summed E-state index contributed by atoms with van der Waals surface area (Å²) >= 11 is 1.59. The maximum atomic E-state index is 11.2. The fourth-order valence-electron chi connectivity index (χ4n) is 0.930. The van der Waals surface area contributed by atoms with E-state index in [9.17, 15) is 4.79 Å². The predicted molar refractivity (Wildman–Crippen MR) is 48.7 cm³/mol. The van der Waals surface area contributed by atoms with E-state index in [1.165, 1.54) is 0 Å². The van der Waals surface area contributed by atoms with E-state index in [2.05, 4.69) is 12.2 Å². The Labute approximate surface area is 72.1 Å². The molecule has 1 saturated carbocycles. The summed E-state index contributed by atoms with van der Waals surface area (Å²) in [5.41, 5.74) is 0. The van der Waals surface area contributed by atoms with E-state index in [1.807, 2.05) is 13.2 Å². The smallest absolute Gasteiger partial charge is 0.233 e. The standard InChI is InChI=1S/C8H15NOS/c1-5-4-7(5)9-8(10)6(2)11-3/h5-7H,4H2,1-3H3,(H,9,10)/t5-,6?,7-/m1/s1. The molecule has 0 bridgehead atoms. The zero-order valence-electron chi connectivity index (χ0n) is 7.26. The minimum Gasteiger partial charge on any atom is -0.352 e. The van der Waals surface area contributed by atoms with Gasteiger partial charge in [0.25, 0.3) is 0 Å². The van der Waals surface area contributed by atoms with E-state index < -0.39 is 0 Å². The molecule has 0 aromatic rings. The van der Waals surface area contributed by atoms with E-state index in [-0.39, 0.29) is 11.2 Å². The van der Waals surface area contributed by atoms with Crippen LogP contribution in [-0.2, 0) is 4.79 Å². The Morgan fingerprint density at radius 2 is 2.27 bits per heavy atom. The first kappa shape index (κ1) is 8.91. The largest absolute Gasteiger partial charge is 0.352 e. The lowest BCUT2D eigenvalue weighted by Gasteiger charge is -2.08. The van der Waals surface area contributed by atoms with Crippen LogP contribution in [0.5, 0.6) is 0 Å². The van der Waals surface area contributed by atoms with Crippen molar-refractivity contribution in [1.29, 1.82) is 0 Å². The maximum absolute atomic E-state index is 11.2. The molecule has 1 unspecified atom stereocenters. The van der Waals surface area contributed by atoms with Gasteiger partial charge in [-0.1, -0.05) is 6.92 Å². The number of thioether (sulfide) groups is 1. The summed E-state index contributed by atoms with van der Waals surface area (Å²) in [7, 11) is 0. The quantitative estimate of drug-likeness (QED) is 0.696. The molecule has 1 amide bonds. The summed E-state index contributed by atoms with van der Waals surface area (Å²) in [5, 5.41) is 3.09. The molecule has 2 nitrogen and oxygen atoms in total. The third kappa shape index (κ3) is 2.40. The Kier molecular flexibility index (Phi) is 2.82. The highest BCUT2D eigenvalue weighted by atomic mass is 32.2. The second-order valence-corrected chi connectivity index (χ2v) is 4.38. The van der Waals surface area contributed by atoms with Crippen LogP contribution in [0.2, 0.25) is 0 Å². The van der Waals surface area contributed by atoms with Crippen molar-refractivity contribution in [3.05, 3.63) is 0 Å². The van der Waals surface area contributed by atoms with Crippen LogP contribution < -0.4 is 5.32 Å². The minimum atomic E-state index is 0.0998. The number of amides is 1. The van der Waals surface area contributed by atoms with Gasteiger partial charge < -0.3 is 5.32 Å². The van der Waals surface area contributed by atoms with Gasteiger partial charge in [0.2, 0.25) is 5.91 Å². The van der Waals surface area contributed by atoms with E-state index in [4.69, 9.17) is 0 Å². The molecule has 1 fully saturated rings. The summed E-state index contributed by atoms with van der Waals surface area (Å²) in [6.07, 6.45) is 3.12. The third-order valence-electron chi connectivity index (χ3n) is 2.16. The van der Waals surface area contributed by atoms with Crippen molar-refractivity contribution in [3.63, 3.8) is 0 Å². The molecule has 11 heavy (non-hydrogen) atoms. The SMILES string of the molecule is CSC(C)C(=O)N[C@@H]1C[C@H]1C. The van der Waals surface area contributed by atoms with E-state index in [0.29, 0.717) is 12.0 Å². The van der Waals surface area contributed by atoms with Gasteiger partial charge in [-0.05, 0) is 25.5 Å². The average molecular weight is 173 g/mol. The van der Waals surface area contributed by atoms with E-state index in [0.717, 1.165) is 6.42 Å². The first-order valence-corrected chi connectivity index (χ1v) is 5.27. The molecule has 1 aliphatic rings. The van der Waals surface area contributed by atoms with Gasteiger partial charge in [0.1, 0.15) is 0 Å². The molecule has 64 valence electrons. The van der Waals surface area contributed by atoms with E-state index in [1.54, 1.807) is 11.8 Å². The van der Waals surface area contributed by atoms with Crippen molar-refractivity contribution >= 4 is 17.7 Å². The lowest BCUT2D eigenvalue weighted by molar-refractivity contribution is -0.120. The first-order valence-electron chi connectivity index (χ1n) is 3.98. The van der Waals surface area contributed by atoms with Crippen LogP contribution in [-0.4, -0.2) is 23.5 Å². The van der Waals surface area contributed by atoms with Crippen molar-refractivity contribution in [2.75, 3.05) is 6.26 Å². The van der Waals surface area contributed by atoms with Gasteiger partial charge in [0.15, 0.2) is 0 Å². The maximum Gasteiger partial charge on any atom is 0.233 e. The molecule has 1 N–H and O–H groups in total. The van der Waals surface area contributed by atoms with Crippen LogP contribution in [0.3, 0.4) is 0 Å². The van der Waals surface area contributed by atoms with E-state index >= 15 is 0 Å². The Morgan fingerprint density at radius 3 is 2.64 bits per heavy atom. The first-order chi connectivity index (χ1) is 5.15. The average Bonchev–Trinajstić information content (AvgIpc) is 2.65. The minimum absolute atomic E-state index is 0.0998. The van der Waals surface area contributed by atoms with Crippen LogP contribution in [0.15, 0.2) is 0 Å². The Morgan fingerprint density at radius 1 is 1.73 bits per heavy atom. The normalized spacial score (nSPS) is 31.2. The molecule has 0 aromatic heterocycles. The lowest BCUT2D eigenvalue weighted by atomic mass is 10.4. The van der Waals surface area contributed by atoms with Crippen LogP contribution in [0, 0.1) is 5.92 Å². The highest BCUT2D eigenvalue weighted by molar-refractivity contribution is 7.99. The van der Waals surface area contributed by atoms with Gasteiger partial charge in [-0.25, -0.2) is 0 Å². The summed E-state index contributed by atoms with van der Waals surface area (Å²) in [5.74, 6) is 0.889. The fraction of sp³-hybridized carbons (Fsp3) is 0.875. The summed E-state index contributed by atoms with van der Waals surface area (Å²) in [4.78, 5) is 11.2. The zero-order valence-corrected chi connectivity index (χ0v) is 8.07. The zero-order chi connectivity index (χ0) is 8.43. The molecule has 0 aromatic carbocycles. The molecule has 0 aliphatic heterocycles. The molecule has 0 saturated heterocycles. The van der Waals surface area contributed by atoms with Crippen LogP contribution in [0.1, 0.15) is 20.3 Å². The fourth-order valence-corrected chi connectivity index (χ4v) is 1.21. The van der Waals surface area contributed by atoms with Gasteiger partial charge in [0, 0.05) is 6.04 Å². The number of carbonyl (C=O) groups excluding carboxylic acids is 1. The molecular formula is C8H15NOS. The summed E-state index contributed by atoms with van der Waals surface area (Å²) in [6, 6.07) is 0.470. The topological polar surface area (TPSA) is 29.1 Å². The van der Waals surface area contributed by atoms with Crippen molar-refractivity contribution in [2.45, 2.75) is 31.6 Å². The molecule has 1 aliphatic carbocycles. The van der Waals surface area contributed by atoms with Gasteiger partial charge in [-0.3, -0.25) is 4.79 Å². The second kappa shape index (κ2) is 3.48. The van der Waals surface area contributed by atoms with Crippen molar-refractivity contribution < 1.29 is 4.79 Å². The predicted octanol–water partition coefficient (Wildman–Crippen LogP) is 1.26. The monoisotopic (exact) mass is 173 g/mol. The number of hydrogen-bond donors (Lipinski definition) is 1. The molecule has 0 heterocycles. The molecule has 3 heteroatoms. The third-order valence-corrected chi connectivity index (χ3v) is 3.08. The molecule has 3 atom stereocenters. The van der Waals surface area contributed by atoms with Crippen molar-refractivity contribution in [3.8, 4) is 0 Å². The number of rotatable bonds is 3. The van der Waals surface area contributed by atoms with Gasteiger partial charge in [0.05, 0.1) is 5.25 Å². The number of nitrogens with one attached hydrogen (secondary N) is 1. The summed E-state index contributed by atoms with van der Waals surface area (Å²) < 4.78 is 0. The Balaban J connectivity index is 2.21. The van der Waals surface area contributed by atoms with Gasteiger partial charge >= 0.3 is 0 Å². The Hall–Kier alpha value is -0.180. The lowest BCUT2D eigenvalue weighted by Crippen LogP contribution is -2.33. The molecule has 1 rings (SSSR count). The number of hydrogen-bond acceptors (Lipinski definition) is 2. The van der Waals surface area contributed by atoms with Gasteiger partial charge in [-0.15, -0.1) is 0 Å². The molecular weight excluding hydrogens is 158 g/mol. The highest BCUT2D eigenvalue weighted by Gasteiger charge is 2.34. The van der Waals surface area contributed by atoms with Crippen LogP contribution >= 0.6 is 11.8 Å². The molecule has 0 radical (unpaired) electrons. The second-order valence-electron chi connectivity index (χ2n) is 3.21. The van der Waals surface area contributed by atoms with Crippen molar-refractivity contribution in [1.82, 2.24) is 5.32 Å². The van der Waals surface area contributed by atoms with Crippen molar-refractivity contribution in [2.24, 2.45) is 5.92 Å². The van der Waals surface area contributed by atoms with Crippen LogP contribution in [0.25, 0.3) is 0 Å².